The van der Waals surface area contributed by atoms with Gasteiger partial charge in [0.1, 0.15) is 0 Å². The lowest BCUT2D eigenvalue weighted by atomic mass is 9.95. The van der Waals surface area contributed by atoms with E-state index in [0.29, 0.717) is 18.9 Å². The summed E-state index contributed by atoms with van der Waals surface area (Å²) in [5.41, 5.74) is 2.65. The summed E-state index contributed by atoms with van der Waals surface area (Å²) in [6.07, 6.45) is 1.48. The minimum absolute atomic E-state index is 0.00304. The summed E-state index contributed by atoms with van der Waals surface area (Å²) >= 11 is 6.13. The van der Waals surface area contributed by atoms with Crippen molar-refractivity contribution in [2.45, 2.75) is 12.8 Å². The average molecular weight is 466 g/mol. The third-order valence-corrected chi connectivity index (χ3v) is 7.11. The molecule has 33 heavy (non-hydrogen) atoms. The Morgan fingerprint density at radius 1 is 0.939 bits per heavy atom. The lowest BCUT2D eigenvalue weighted by Gasteiger charge is -2.39. The van der Waals surface area contributed by atoms with Crippen LogP contribution in [0.3, 0.4) is 0 Å². The maximum atomic E-state index is 13.2. The van der Waals surface area contributed by atoms with Gasteiger partial charge in [0.05, 0.1) is 11.0 Å². The van der Waals surface area contributed by atoms with Gasteiger partial charge in [0.15, 0.2) is 5.82 Å². The Labute approximate surface area is 198 Å². The van der Waals surface area contributed by atoms with Crippen LogP contribution in [0, 0.1) is 5.92 Å². The van der Waals surface area contributed by atoms with Gasteiger partial charge >= 0.3 is 0 Å². The molecule has 7 nitrogen and oxygen atoms in total. The van der Waals surface area contributed by atoms with E-state index in [1.807, 2.05) is 52.3 Å². The van der Waals surface area contributed by atoms with E-state index < -0.39 is 0 Å². The molecule has 3 aromatic rings. The molecule has 8 heteroatoms. The van der Waals surface area contributed by atoms with Crippen LogP contribution in [-0.4, -0.2) is 59.6 Å². The molecule has 0 saturated carbocycles. The summed E-state index contributed by atoms with van der Waals surface area (Å²) in [5.74, 6) is 0.722. The van der Waals surface area contributed by atoms with E-state index in [1.165, 1.54) is 0 Å². The van der Waals surface area contributed by atoms with Crippen LogP contribution in [0.15, 0.2) is 53.3 Å². The maximum absolute atomic E-state index is 13.2. The zero-order chi connectivity index (χ0) is 22.9. The van der Waals surface area contributed by atoms with Crippen LogP contribution in [0.25, 0.3) is 11.0 Å². The molecule has 2 saturated heterocycles. The van der Waals surface area contributed by atoms with Crippen LogP contribution in [0.4, 0.5) is 11.5 Å². The van der Waals surface area contributed by atoms with Crippen molar-refractivity contribution in [1.82, 2.24) is 14.5 Å². The van der Waals surface area contributed by atoms with Gasteiger partial charge in [-0.1, -0.05) is 29.8 Å². The summed E-state index contributed by atoms with van der Waals surface area (Å²) < 4.78 is 1.66. The second kappa shape index (κ2) is 9.06. The van der Waals surface area contributed by atoms with Crippen LogP contribution in [-0.2, 0) is 11.8 Å². The average Bonchev–Trinajstić information content (AvgIpc) is 2.86. The van der Waals surface area contributed by atoms with Crippen LogP contribution >= 0.6 is 11.6 Å². The molecular formula is C25H28ClN5O2. The smallest absolute Gasteiger partial charge is 0.293 e. The molecule has 2 aliphatic heterocycles. The predicted molar refractivity (Wildman–Crippen MR) is 132 cm³/mol. The van der Waals surface area contributed by atoms with Crippen LogP contribution in [0.1, 0.15) is 12.8 Å². The number of aryl methyl sites for hydroxylation is 1. The number of piperidine rings is 1. The third-order valence-electron chi connectivity index (χ3n) is 6.87. The van der Waals surface area contributed by atoms with Gasteiger partial charge in [0, 0.05) is 62.9 Å². The fourth-order valence-electron chi connectivity index (χ4n) is 4.92. The van der Waals surface area contributed by atoms with Crippen molar-refractivity contribution in [2.75, 3.05) is 49.1 Å². The first-order chi connectivity index (χ1) is 16.0. The van der Waals surface area contributed by atoms with Crippen LogP contribution in [0.5, 0.6) is 0 Å². The Morgan fingerprint density at radius 2 is 1.67 bits per heavy atom. The van der Waals surface area contributed by atoms with Gasteiger partial charge in [0.25, 0.3) is 5.56 Å². The molecule has 0 bridgehead atoms. The molecule has 2 aliphatic rings. The number of nitrogens with zero attached hydrogens (tertiary/aromatic N) is 5. The number of piperazine rings is 1. The van der Waals surface area contributed by atoms with Gasteiger partial charge in [-0.25, -0.2) is 4.98 Å². The van der Waals surface area contributed by atoms with Crippen LogP contribution < -0.4 is 15.4 Å². The van der Waals surface area contributed by atoms with Gasteiger partial charge < -0.3 is 19.3 Å². The number of fused-ring (bicyclic) bond motifs is 1. The molecule has 2 fully saturated rings. The van der Waals surface area contributed by atoms with Crippen LogP contribution in [0.2, 0.25) is 5.02 Å². The molecule has 5 rings (SSSR count). The molecule has 0 N–H and O–H groups in total. The number of benzene rings is 2. The fraction of sp³-hybridized carbons (Fsp3) is 0.400. The number of halogens is 1. The largest absolute Gasteiger partial charge is 0.368 e. The molecule has 1 amide bonds. The van der Waals surface area contributed by atoms with Crippen molar-refractivity contribution in [2.24, 2.45) is 13.0 Å². The maximum Gasteiger partial charge on any atom is 0.293 e. The quantitative estimate of drug-likeness (QED) is 0.594. The molecule has 0 spiro atoms. The fourth-order valence-corrected chi connectivity index (χ4v) is 5.11. The predicted octanol–water partition coefficient (Wildman–Crippen LogP) is 3.15. The highest BCUT2D eigenvalue weighted by Gasteiger charge is 2.31. The van der Waals surface area contributed by atoms with Crippen molar-refractivity contribution in [3.63, 3.8) is 0 Å². The van der Waals surface area contributed by atoms with E-state index in [1.54, 1.807) is 11.6 Å². The molecule has 0 atom stereocenters. The van der Waals surface area contributed by atoms with Crippen molar-refractivity contribution >= 4 is 40.0 Å². The van der Waals surface area contributed by atoms with E-state index >= 15 is 0 Å². The molecule has 1 aromatic heterocycles. The van der Waals surface area contributed by atoms with Crippen molar-refractivity contribution in [3.8, 4) is 0 Å². The number of carbonyl (C=O) groups is 1. The molecule has 0 radical (unpaired) electrons. The number of carbonyl (C=O) groups excluding carboxylic acids is 1. The number of amides is 1. The lowest BCUT2D eigenvalue weighted by molar-refractivity contribution is -0.136. The topological polar surface area (TPSA) is 61.7 Å². The lowest BCUT2D eigenvalue weighted by Crippen LogP contribution is -2.52. The first kappa shape index (κ1) is 21.8. The summed E-state index contributed by atoms with van der Waals surface area (Å²) in [4.78, 5) is 37.0. The number of aromatic nitrogens is 2. The second-order valence-electron chi connectivity index (χ2n) is 8.84. The van der Waals surface area contributed by atoms with Gasteiger partial charge in [-0.05, 0) is 43.2 Å². The summed E-state index contributed by atoms with van der Waals surface area (Å²) in [7, 11) is 1.79. The minimum Gasteiger partial charge on any atom is -0.368 e. The molecule has 0 unspecified atom stereocenters. The third kappa shape index (κ3) is 4.29. The minimum atomic E-state index is -0.0874. The Balaban J connectivity index is 1.20. The number of para-hydroxylation sites is 2. The summed E-state index contributed by atoms with van der Waals surface area (Å²) in [6.45, 7) is 4.39. The van der Waals surface area contributed by atoms with E-state index in [2.05, 4.69) is 16.0 Å². The molecule has 2 aromatic carbocycles. The first-order valence-electron chi connectivity index (χ1n) is 11.5. The number of hydrogen-bond acceptors (Lipinski definition) is 5. The van der Waals surface area contributed by atoms with E-state index in [9.17, 15) is 9.59 Å². The molecular weight excluding hydrogens is 438 g/mol. The molecule has 3 heterocycles. The monoisotopic (exact) mass is 465 g/mol. The molecule has 0 aliphatic carbocycles. The van der Waals surface area contributed by atoms with E-state index in [0.717, 1.165) is 60.8 Å². The Morgan fingerprint density at radius 3 is 2.39 bits per heavy atom. The van der Waals surface area contributed by atoms with Crippen molar-refractivity contribution in [3.05, 3.63) is 63.9 Å². The second-order valence-corrected chi connectivity index (χ2v) is 9.28. The number of rotatable bonds is 3. The molecule has 172 valence electrons. The standard InChI is InChI=1S/C25H28ClN5O2/c1-28-22-8-3-2-7-21(22)27-23(25(28)33)30-11-9-18(10-12-30)24(32)31-15-13-29(14-16-31)20-6-4-5-19(26)17-20/h2-8,17-18H,9-16H2,1H3. The Hall–Kier alpha value is -3.06. The zero-order valence-electron chi connectivity index (χ0n) is 18.8. The van der Waals surface area contributed by atoms with Gasteiger partial charge in [-0.3, -0.25) is 9.59 Å². The normalized spacial score (nSPS) is 17.6. The SMILES string of the molecule is Cn1c(=O)c(N2CCC(C(=O)N3CCN(c4cccc(Cl)c4)CC3)CC2)nc2ccccc21. The van der Waals surface area contributed by atoms with Crippen molar-refractivity contribution < 1.29 is 4.79 Å². The summed E-state index contributed by atoms with van der Waals surface area (Å²) in [5, 5.41) is 0.730. The van der Waals surface area contributed by atoms with Gasteiger partial charge in [-0.2, -0.15) is 0 Å². The van der Waals surface area contributed by atoms with Gasteiger partial charge in [-0.15, -0.1) is 0 Å². The highest BCUT2D eigenvalue weighted by molar-refractivity contribution is 6.30. The highest BCUT2D eigenvalue weighted by Crippen LogP contribution is 2.25. The summed E-state index contributed by atoms with van der Waals surface area (Å²) in [6, 6.07) is 15.5. The number of anilines is 2. The van der Waals surface area contributed by atoms with E-state index in [-0.39, 0.29) is 17.4 Å². The first-order valence-corrected chi connectivity index (χ1v) is 11.9. The van der Waals surface area contributed by atoms with Gasteiger partial charge in [0.2, 0.25) is 5.91 Å². The number of hydrogen-bond donors (Lipinski definition) is 0. The zero-order valence-corrected chi connectivity index (χ0v) is 19.5. The Kier molecular flexibility index (Phi) is 5.98. The van der Waals surface area contributed by atoms with E-state index in [4.69, 9.17) is 11.6 Å². The highest BCUT2D eigenvalue weighted by atomic mass is 35.5. The van der Waals surface area contributed by atoms with Crippen molar-refractivity contribution in [1.29, 1.82) is 0 Å². The Bertz CT molecular complexity index is 1230.